The van der Waals surface area contributed by atoms with Crippen LogP contribution in [-0.4, -0.2) is 17.0 Å². The van der Waals surface area contributed by atoms with Crippen molar-refractivity contribution in [2.45, 2.75) is 44.1 Å². The van der Waals surface area contributed by atoms with Gasteiger partial charge < -0.3 is 5.73 Å². The van der Waals surface area contributed by atoms with Gasteiger partial charge in [-0.15, -0.1) is 0 Å². The molecule has 12 heavy (non-hydrogen) atoms. The molecule has 70 valence electrons. The Morgan fingerprint density at radius 1 is 1.17 bits per heavy atom. The van der Waals surface area contributed by atoms with Crippen LogP contribution in [0, 0.1) is 5.92 Å². The Bertz CT molecular complexity index is 146. The van der Waals surface area contributed by atoms with Gasteiger partial charge in [0.15, 0.2) is 0 Å². The molecule has 0 aromatic rings. The van der Waals surface area contributed by atoms with E-state index in [4.69, 9.17) is 5.73 Å². The lowest BCUT2D eigenvalue weighted by Gasteiger charge is -2.36. The first kappa shape index (κ1) is 8.89. The van der Waals surface area contributed by atoms with Crippen molar-refractivity contribution in [3.8, 4) is 0 Å². The topological polar surface area (TPSA) is 26.0 Å². The Morgan fingerprint density at radius 3 is 2.50 bits per heavy atom. The normalized spacial score (nSPS) is 35.2. The second kappa shape index (κ2) is 3.59. The van der Waals surface area contributed by atoms with Crippen molar-refractivity contribution in [2.24, 2.45) is 11.7 Å². The van der Waals surface area contributed by atoms with E-state index in [1.165, 1.54) is 50.0 Å². The van der Waals surface area contributed by atoms with E-state index in [0.29, 0.717) is 0 Å². The molecule has 1 saturated heterocycles. The van der Waals surface area contributed by atoms with Crippen LogP contribution < -0.4 is 5.73 Å². The lowest BCUT2D eigenvalue weighted by atomic mass is 9.81. The Hall–Kier alpha value is 0.310. The molecule has 0 bridgehead atoms. The van der Waals surface area contributed by atoms with E-state index in [1.54, 1.807) is 0 Å². The predicted molar refractivity (Wildman–Crippen MR) is 55.4 cm³/mol. The Morgan fingerprint density at radius 2 is 1.92 bits per heavy atom. The van der Waals surface area contributed by atoms with Crippen LogP contribution in [0.4, 0.5) is 0 Å². The van der Waals surface area contributed by atoms with Crippen molar-refractivity contribution in [3.05, 3.63) is 0 Å². The van der Waals surface area contributed by atoms with E-state index in [1.807, 2.05) is 0 Å². The zero-order valence-corrected chi connectivity index (χ0v) is 8.54. The molecule has 1 aliphatic carbocycles. The molecule has 0 amide bonds. The van der Waals surface area contributed by atoms with Gasteiger partial charge in [0.25, 0.3) is 0 Å². The van der Waals surface area contributed by atoms with Crippen LogP contribution in [0.25, 0.3) is 0 Å². The third kappa shape index (κ3) is 1.64. The summed E-state index contributed by atoms with van der Waals surface area (Å²) in [7, 11) is 0. The average Bonchev–Trinajstić information content (AvgIpc) is 2.55. The molecule has 0 radical (unpaired) electrons. The SMILES string of the molecule is NC1(C2CCCSC2)CCCC1. The molecular weight excluding hydrogens is 166 g/mol. The molecule has 1 nitrogen and oxygen atoms in total. The molecule has 0 aromatic carbocycles. The minimum Gasteiger partial charge on any atom is -0.325 e. The highest BCUT2D eigenvalue weighted by atomic mass is 32.2. The summed E-state index contributed by atoms with van der Waals surface area (Å²) in [6, 6.07) is 0. The van der Waals surface area contributed by atoms with Crippen molar-refractivity contribution in [3.63, 3.8) is 0 Å². The molecule has 1 aliphatic heterocycles. The molecule has 1 atom stereocenters. The van der Waals surface area contributed by atoms with E-state index in [0.717, 1.165) is 5.92 Å². The molecule has 1 unspecified atom stereocenters. The molecular formula is C10H19NS. The van der Waals surface area contributed by atoms with Gasteiger partial charge in [-0.25, -0.2) is 0 Å². The number of thioether (sulfide) groups is 1. The first-order valence-corrected chi connectivity index (χ1v) is 6.33. The highest BCUT2D eigenvalue weighted by molar-refractivity contribution is 7.99. The number of hydrogen-bond donors (Lipinski definition) is 1. The molecule has 2 fully saturated rings. The first-order chi connectivity index (χ1) is 5.81. The third-order valence-corrected chi connectivity index (χ3v) is 4.72. The van der Waals surface area contributed by atoms with Crippen LogP contribution in [0.5, 0.6) is 0 Å². The predicted octanol–water partition coefficient (Wildman–Crippen LogP) is 2.40. The van der Waals surface area contributed by atoms with Gasteiger partial charge >= 0.3 is 0 Å². The van der Waals surface area contributed by atoms with Gasteiger partial charge in [0.2, 0.25) is 0 Å². The van der Waals surface area contributed by atoms with Crippen molar-refractivity contribution >= 4 is 11.8 Å². The van der Waals surface area contributed by atoms with Gasteiger partial charge in [0.05, 0.1) is 0 Å². The Balaban J connectivity index is 1.96. The monoisotopic (exact) mass is 185 g/mol. The molecule has 2 rings (SSSR count). The number of hydrogen-bond acceptors (Lipinski definition) is 2. The van der Waals surface area contributed by atoms with Gasteiger partial charge in [0.1, 0.15) is 0 Å². The van der Waals surface area contributed by atoms with Crippen LogP contribution in [0.1, 0.15) is 38.5 Å². The summed E-state index contributed by atoms with van der Waals surface area (Å²) < 4.78 is 0. The Kier molecular flexibility index (Phi) is 2.66. The van der Waals surface area contributed by atoms with Crippen LogP contribution in [0.2, 0.25) is 0 Å². The minimum absolute atomic E-state index is 0.243. The maximum absolute atomic E-state index is 6.42. The highest BCUT2D eigenvalue weighted by Crippen LogP contribution is 2.39. The fraction of sp³-hybridized carbons (Fsp3) is 1.00. The fourth-order valence-electron chi connectivity index (χ4n) is 2.64. The maximum Gasteiger partial charge on any atom is 0.0190 e. The second-order valence-electron chi connectivity index (χ2n) is 4.35. The lowest BCUT2D eigenvalue weighted by molar-refractivity contribution is 0.280. The van der Waals surface area contributed by atoms with E-state index in [-0.39, 0.29) is 5.54 Å². The van der Waals surface area contributed by atoms with Gasteiger partial charge in [-0.3, -0.25) is 0 Å². The molecule has 1 saturated carbocycles. The largest absolute Gasteiger partial charge is 0.325 e. The van der Waals surface area contributed by atoms with Gasteiger partial charge in [0, 0.05) is 5.54 Å². The van der Waals surface area contributed by atoms with Crippen molar-refractivity contribution < 1.29 is 0 Å². The van der Waals surface area contributed by atoms with Crippen molar-refractivity contribution in [2.75, 3.05) is 11.5 Å². The van der Waals surface area contributed by atoms with Crippen LogP contribution in [0.15, 0.2) is 0 Å². The molecule has 2 aliphatic rings. The molecule has 2 heteroatoms. The van der Waals surface area contributed by atoms with E-state index in [9.17, 15) is 0 Å². The van der Waals surface area contributed by atoms with Crippen molar-refractivity contribution in [1.82, 2.24) is 0 Å². The summed E-state index contributed by atoms with van der Waals surface area (Å²) >= 11 is 2.11. The van der Waals surface area contributed by atoms with Gasteiger partial charge in [-0.2, -0.15) is 11.8 Å². The van der Waals surface area contributed by atoms with Gasteiger partial charge in [-0.1, -0.05) is 12.8 Å². The standard InChI is InChI=1S/C10H19NS/c11-10(5-1-2-6-10)9-4-3-7-12-8-9/h9H,1-8,11H2. The summed E-state index contributed by atoms with van der Waals surface area (Å²) in [5.41, 5.74) is 6.66. The van der Waals surface area contributed by atoms with Crippen LogP contribution >= 0.6 is 11.8 Å². The highest BCUT2D eigenvalue weighted by Gasteiger charge is 2.37. The molecule has 1 heterocycles. The average molecular weight is 185 g/mol. The molecule has 2 N–H and O–H groups in total. The quantitative estimate of drug-likeness (QED) is 0.679. The van der Waals surface area contributed by atoms with Crippen LogP contribution in [0.3, 0.4) is 0 Å². The summed E-state index contributed by atoms with van der Waals surface area (Å²) in [5.74, 6) is 3.53. The third-order valence-electron chi connectivity index (χ3n) is 3.51. The summed E-state index contributed by atoms with van der Waals surface area (Å²) in [4.78, 5) is 0. The lowest BCUT2D eigenvalue weighted by Crippen LogP contribution is -2.46. The second-order valence-corrected chi connectivity index (χ2v) is 5.50. The van der Waals surface area contributed by atoms with Crippen molar-refractivity contribution in [1.29, 1.82) is 0 Å². The summed E-state index contributed by atoms with van der Waals surface area (Å²) in [6.45, 7) is 0. The zero-order valence-electron chi connectivity index (χ0n) is 7.72. The smallest absolute Gasteiger partial charge is 0.0190 e. The minimum atomic E-state index is 0.243. The zero-order chi connectivity index (χ0) is 8.44. The summed E-state index contributed by atoms with van der Waals surface area (Å²) in [5, 5.41) is 0. The number of rotatable bonds is 1. The van der Waals surface area contributed by atoms with E-state index in [2.05, 4.69) is 11.8 Å². The first-order valence-electron chi connectivity index (χ1n) is 5.18. The van der Waals surface area contributed by atoms with E-state index < -0.39 is 0 Å². The maximum atomic E-state index is 6.42. The van der Waals surface area contributed by atoms with Crippen LogP contribution in [-0.2, 0) is 0 Å². The summed E-state index contributed by atoms with van der Waals surface area (Å²) in [6.07, 6.45) is 8.11. The number of nitrogens with two attached hydrogens (primary N) is 1. The van der Waals surface area contributed by atoms with Gasteiger partial charge in [-0.05, 0) is 43.1 Å². The molecule has 0 spiro atoms. The fourth-order valence-corrected chi connectivity index (χ4v) is 3.96. The van der Waals surface area contributed by atoms with E-state index >= 15 is 0 Å². The Labute approximate surface area is 79.5 Å². The molecule has 0 aromatic heterocycles.